The molecular weight excluding hydrogens is 324 g/mol. The molecule has 26 heavy (non-hydrogen) atoms. The second-order valence-corrected chi connectivity index (χ2v) is 7.29. The molecule has 0 radical (unpaired) electrons. The fourth-order valence-electron chi connectivity index (χ4n) is 3.34. The van der Waals surface area contributed by atoms with Crippen molar-refractivity contribution in [3.8, 4) is 0 Å². The van der Waals surface area contributed by atoms with E-state index in [1.165, 1.54) is 4.90 Å². The second kappa shape index (κ2) is 8.17. The molecule has 1 unspecified atom stereocenters. The van der Waals surface area contributed by atoms with E-state index in [1.54, 1.807) is 4.90 Å². The van der Waals surface area contributed by atoms with Crippen LogP contribution in [0.15, 0.2) is 60.7 Å². The summed E-state index contributed by atoms with van der Waals surface area (Å²) in [4.78, 5) is 29.2. The average Bonchev–Trinajstić information content (AvgIpc) is 2.86. The molecule has 4 nitrogen and oxygen atoms in total. The largest absolute Gasteiger partial charge is 0.328 e. The highest BCUT2D eigenvalue weighted by Crippen LogP contribution is 2.26. The van der Waals surface area contributed by atoms with Crippen LogP contribution in [-0.2, 0) is 17.9 Å². The third-order valence-corrected chi connectivity index (χ3v) is 4.80. The van der Waals surface area contributed by atoms with Crippen molar-refractivity contribution >= 4 is 11.9 Å². The fourth-order valence-corrected chi connectivity index (χ4v) is 3.34. The number of nitrogens with zero attached hydrogens (tertiary/aromatic N) is 2. The first-order valence-corrected chi connectivity index (χ1v) is 9.26. The minimum absolute atomic E-state index is 0.0737. The number of hydrogen-bond donors (Lipinski definition) is 0. The molecule has 1 atom stereocenters. The fraction of sp³-hybridized carbons (Fsp3) is 0.364. The highest BCUT2D eigenvalue weighted by molar-refractivity contribution is 6.04. The third-order valence-electron chi connectivity index (χ3n) is 4.80. The van der Waals surface area contributed by atoms with Crippen molar-refractivity contribution in [1.82, 2.24) is 9.80 Å². The van der Waals surface area contributed by atoms with Gasteiger partial charge in [-0.2, -0.15) is 0 Å². The van der Waals surface area contributed by atoms with Gasteiger partial charge in [0.2, 0.25) is 0 Å². The maximum Gasteiger partial charge on any atom is 0.328 e. The van der Waals surface area contributed by atoms with Crippen LogP contribution >= 0.6 is 0 Å². The Morgan fingerprint density at radius 1 is 0.846 bits per heavy atom. The lowest BCUT2D eigenvalue weighted by molar-refractivity contribution is -0.129. The SMILES string of the molecule is CC(C)CCC1C(=O)N(Cc2ccccc2)C(=O)N1Cc1ccccc1. The lowest BCUT2D eigenvalue weighted by Crippen LogP contribution is -2.34. The van der Waals surface area contributed by atoms with Crippen LogP contribution in [0.3, 0.4) is 0 Å². The Morgan fingerprint density at radius 2 is 1.38 bits per heavy atom. The van der Waals surface area contributed by atoms with E-state index in [0.717, 1.165) is 17.5 Å². The van der Waals surface area contributed by atoms with E-state index in [1.807, 2.05) is 60.7 Å². The van der Waals surface area contributed by atoms with Crippen molar-refractivity contribution in [2.75, 3.05) is 0 Å². The summed E-state index contributed by atoms with van der Waals surface area (Å²) < 4.78 is 0. The van der Waals surface area contributed by atoms with E-state index >= 15 is 0 Å². The van der Waals surface area contributed by atoms with Gasteiger partial charge in [0.25, 0.3) is 5.91 Å². The number of benzene rings is 2. The van der Waals surface area contributed by atoms with Gasteiger partial charge < -0.3 is 4.90 Å². The van der Waals surface area contributed by atoms with E-state index in [-0.39, 0.29) is 18.0 Å². The summed E-state index contributed by atoms with van der Waals surface area (Å²) in [6.07, 6.45) is 1.63. The van der Waals surface area contributed by atoms with Crippen LogP contribution in [0.25, 0.3) is 0 Å². The summed E-state index contributed by atoms with van der Waals surface area (Å²) in [5, 5.41) is 0. The lowest BCUT2D eigenvalue weighted by atomic mass is 10.0. The first-order chi connectivity index (χ1) is 12.6. The predicted octanol–water partition coefficient (Wildman–Crippen LogP) is 4.46. The van der Waals surface area contributed by atoms with Gasteiger partial charge in [-0.25, -0.2) is 4.79 Å². The van der Waals surface area contributed by atoms with Gasteiger partial charge in [0.05, 0.1) is 6.54 Å². The molecule has 4 heteroatoms. The number of imide groups is 1. The summed E-state index contributed by atoms with van der Waals surface area (Å²) in [7, 11) is 0. The highest BCUT2D eigenvalue weighted by atomic mass is 16.2. The standard InChI is InChI=1S/C22H26N2O2/c1-17(2)13-14-20-21(25)24(16-19-11-7-4-8-12-19)22(26)23(20)15-18-9-5-3-6-10-18/h3-12,17,20H,13-16H2,1-2H3. The number of rotatable bonds is 7. The van der Waals surface area contributed by atoms with E-state index in [9.17, 15) is 9.59 Å². The van der Waals surface area contributed by atoms with Crippen LogP contribution in [-0.4, -0.2) is 27.8 Å². The highest BCUT2D eigenvalue weighted by Gasteiger charge is 2.44. The minimum atomic E-state index is -0.367. The van der Waals surface area contributed by atoms with Crippen molar-refractivity contribution in [2.24, 2.45) is 5.92 Å². The van der Waals surface area contributed by atoms with Gasteiger partial charge >= 0.3 is 6.03 Å². The zero-order chi connectivity index (χ0) is 18.5. The lowest BCUT2D eigenvalue weighted by Gasteiger charge is -2.22. The van der Waals surface area contributed by atoms with Gasteiger partial charge in [-0.05, 0) is 29.9 Å². The minimum Gasteiger partial charge on any atom is -0.308 e. The summed E-state index contributed by atoms with van der Waals surface area (Å²) in [6, 6.07) is 19.0. The molecule has 1 heterocycles. The van der Waals surface area contributed by atoms with Crippen LogP contribution in [0.4, 0.5) is 4.79 Å². The molecule has 0 saturated carbocycles. The smallest absolute Gasteiger partial charge is 0.308 e. The van der Waals surface area contributed by atoms with Gasteiger partial charge in [-0.15, -0.1) is 0 Å². The molecule has 0 spiro atoms. The Hall–Kier alpha value is -2.62. The number of amides is 3. The van der Waals surface area contributed by atoms with Gasteiger partial charge in [0, 0.05) is 6.54 Å². The van der Waals surface area contributed by atoms with Gasteiger partial charge in [-0.1, -0.05) is 74.5 Å². The summed E-state index contributed by atoms with van der Waals surface area (Å²) in [6.45, 7) is 5.09. The Kier molecular flexibility index (Phi) is 5.71. The first kappa shape index (κ1) is 18.2. The first-order valence-electron chi connectivity index (χ1n) is 9.26. The summed E-state index contributed by atoms with van der Waals surface area (Å²) in [5.41, 5.74) is 2.02. The van der Waals surface area contributed by atoms with Crippen LogP contribution in [0, 0.1) is 5.92 Å². The third kappa shape index (κ3) is 4.13. The molecular formula is C22H26N2O2. The Labute approximate surface area is 155 Å². The predicted molar refractivity (Wildman–Crippen MR) is 102 cm³/mol. The van der Waals surface area contributed by atoms with Crippen LogP contribution in [0.2, 0.25) is 0 Å². The molecule has 1 saturated heterocycles. The van der Waals surface area contributed by atoms with Gasteiger partial charge in [-0.3, -0.25) is 9.69 Å². The quantitative estimate of drug-likeness (QED) is 0.692. The number of carbonyl (C=O) groups is 2. The molecule has 3 rings (SSSR count). The van der Waals surface area contributed by atoms with Crippen LogP contribution < -0.4 is 0 Å². The molecule has 0 aromatic heterocycles. The topological polar surface area (TPSA) is 40.6 Å². The van der Waals surface area contributed by atoms with E-state index in [0.29, 0.717) is 25.4 Å². The zero-order valence-electron chi connectivity index (χ0n) is 15.5. The monoisotopic (exact) mass is 350 g/mol. The van der Waals surface area contributed by atoms with Crippen molar-refractivity contribution < 1.29 is 9.59 Å². The summed E-state index contributed by atoms with van der Waals surface area (Å²) >= 11 is 0. The number of carbonyl (C=O) groups excluding carboxylic acids is 2. The van der Waals surface area contributed by atoms with Crippen LogP contribution in [0.1, 0.15) is 37.8 Å². The molecule has 2 aromatic rings. The Bertz CT molecular complexity index is 743. The Balaban J connectivity index is 1.81. The average molecular weight is 350 g/mol. The molecule has 0 aliphatic carbocycles. The van der Waals surface area contributed by atoms with E-state index in [4.69, 9.17) is 0 Å². The number of urea groups is 1. The normalized spacial score (nSPS) is 17.4. The molecule has 3 amide bonds. The van der Waals surface area contributed by atoms with E-state index < -0.39 is 0 Å². The van der Waals surface area contributed by atoms with Crippen molar-refractivity contribution in [3.63, 3.8) is 0 Å². The van der Waals surface area contributed by atoms with Gasteiger partial charge in [0.1, 0.15) is 6.04 Å². The molecule has 1 aliphatic heterocycles. The zero-order valence-corrected chi connectivity index (χ0v) is 15.5. The maximum atomic E-state index is 13.0. The van der Waals surface area contributed by atoms with E-state index in [2.05, 4.69) is 13.8 Å². The molecule has 0 N–H and O–H groups in total. The molecule has 0 bridgehead atoms. The number of hydrogen-bond acceptors (Lipinski definition) is 2. The van der Waals surface area contributed by atoms with Crippen LogP contribution in [0.5, 0.6) is 0 Å². The van der Waals surface area contributed by atoms with Crippen molar-refractivity contribution in [2.45, 2.75) is 45.8 Å². The second-order valence-electron chi connectivity index (χ2n) is 7.29. The molecule has 1 fully saturated rings. The van der Waals surface area contributed by atoms with Crippen molar-refractivity contribution in [1.29, 1.82) is 0 Å². The molecule has 2 aromatic carbocycles. The van der Waals surface area contributed by atoms with Gasteiger partial charge in [0.15, 0.2) is 0 Å². The maximum absolute atomic E-state index is 13.0. The summed E-state index contributed by atoms with van der Waals surface area (Å²) in [5.74, 6) is 0.426. The van der Waals surface area contributed by atoms with Crippen molar-refractivity contribution in [3.05, 3.63) is 71.8 Å². The molecule has 1 aliphatic rings. The Morgan fingerprint density at radius 3 is 1.92 bits per heavy atom. The molecule has 136 valence electrons.